The molecule has 1 aromatic heterocycles. The van der Waals surface area contributed by atoms with E-state index in [1.165, 1.54) is 0 Å². The molecule has 0 fully saturated rings. The first-order valence-corrected chi connectivity index (χ1v) is 7.12. The van der Waals surface area contributed by atoms with Crippen LogP contribution in [0.3, 0.4) is 0 Å². The Hall–Kier alpha value is -1.10. The Balaban J connectivity index is 2.11. The van der Waals surface area contributed by atoms with Crippen molar-refractivity contribution in [3.05, 3.63) is 22.9 Å². The van der Waals surface area contributed by atoms with Gasteiger partial charge in [0.1, 0.15) is 16.0 Å². The fourth-order valence-electron chi connectivity index (χ4n) is 1.40. The quantitative estimate of drug-likeness (QED) is 0.453. The van der Waals surface area contributed by atoms with Crippen molar-refractivity contribution < 1.29 is 14.3 Å². The van der Waals surface area contributed by atoms with Gasteiger partial charge in [-0.25, -0.2) is 4.98 Å². The molecule has 0 N–H and O–H groups in total. The number of nitrogens with zero attached hydrogens (tertiary/aromatic N) is 1. The highest BCUT2D eigenvalue weighted by Gasteiger charge is 2.15. The number of hydrogen-bond acceptors (Lipinski definition) is 4. The van der Waals surface area contributed by atoms with Crippen molar-refractivity contribution >= 4 is 21.9 Å². The summed E-state index contributed by atoms with van der Waals surface area (Å²) in [4.78, 5) is 15.5. The van der Waals surface area contributed by atoms with Gasteiger partial charge in [0.25, 0.3) is 0 Å². The number of rotatable bonds is 6. The van der Waals surface area contributed by atoms with E-state index in [0.29, 0.717) is 13.0 Å². The summed E-state index contributed by atoms with van der Waals surface area (Å²) in [6.45, 7) is 6.18. The minimum Gasteiger partial charge on any atom is -0.492 e. The second-order valence-electron chi connectivity index (χ2n) is 5.21. The fraction of sp³-hybridized carbons (Fsp3) is 0.571. The molecule has 4 nitrogen and oxygen atoms in total. The molecule has 0 atom stereocenters. The van der Waals surface area contributed by atoms with Crippen molar-refractivity contribution in [2.75, 3.05) is 6.61 Å². The van der Waals surface area contributed by atoms with Gasteiger partial charge in [0.2, 0.25) is 0 Å². The molecular weight excluding hydrogens is 310 g/mol. The number of aromatic nitrogens is 1. The van der Waals surface area contributed by atoms with Gasteiger partial charge in [0.15, 0.2) is 0 Å². The van der Waals surface area contributed by atoms with E-state index in [2.05, 4.69) is 20.9 Å². The molecule has 0 radical (unpaired) electrons. The molecule has 0 unspecified atom stereocenters. The molecule has 1 rings (SSSR count). The number of hydrogen-bond donors (Lipinski definition) is 0. The van der Waals surface area contributed by atoms with Crippen LogP contribution >= 0.6 is 15.9 Å². The molecule has 0 aromatic carbocycles. The molecule has 0 bridgehead atoms. The van der Waals surface area contributed by atoms with Crippen LogP contribution in [0, 0.1) is 0 Å². The molecule has 19 heavy (non-hydrogen) atoms. The van der Waals surface area contributed by atoms with Gasteiger partial charge in [-0.1, -0.05) is 0 Å². The van der Waals surface area contributed by atoms with E-state index in [9.17, 15) is 4.79 Å². The second-order valence-corrected chi connectivity index (χ2v) is 6.02. The maximum absolute atomic E-state index is 11.5. The summed E-state index contributed by atoms with van der Waals surface area (Å²) in [7, 11) is 0. The summed E-state index contributed by atoms with van der Waals surface area (Å²) in [6.07, 6.45) is 3.67. The highest BCUT2D eigenvalue weighted by atomic mass is 79.9. The van der Waals surface area contributed by atoms with Crippen molar-refractivity contribution in [1.82, 2.24) is 4.98 Å². The first-order valence-electron chi connectivity index (χ1n) is 6.33. The molecule has 0 aliphatic carbocycles. The van der Waals surface area contributed by atoms with E-state index in [4.69, 9.17) is 9.47 Å². The molecule has 106 valence electrons. The Bertz CT molecular complexity index is 398. The van der Waals surface area contributed by atoms with Gasteiger partial charge in [0.05, 0.1) is 12.8 Å². The molecule has 1 heterocycles. The van der Waals surface area contributed by atoms with E-state index in [-0.39, 0.29) is 5.97 Å². The molecule has 0 saturated carbocycles. The maximum atomic E-state index is 11.5. The Morgan fingerprint density at radius 2 is 2.05 bits per heavy atom. The van der Waals surface area contributed by atoms with Gasteiger partial charge in [-0.05, 0) is 61.7 Å². The molecule has 1 aromatic rings. The number of halogens is 1. The van der Waals surface area contributed by atoms with Gasteiger partial charge in [-0.15, -0.1) is 0 Å². The number of carbonyl (C=O) groups is 1. The van der Waals surface area contributed by atoms with Crippen LogP contribution in [-0.2, 0) is 9.53 Å². The molecular formula is C14H20BrNO3. The zero-order valence-corrected chi connectivity index (χ0v) is 13.2. The van der Waals surface area contributed by atoms with Gasteiger partial charge in [-0.3, -0.25) is 4.79 Å². The number of ether oxygens (including phenoxy) is 2. The first kappa shape index (κ1) is 16.0. The third-order valence-electron chi connectivity index (χ3n) is 2.16. The average Bonchev–Trinajstić information content (AvgIpc) is 2.29. The summed E-state index contributed by atoms with van der Waals surface area (Å²) >= 11 is 3.26. The van der Waals surface area contributed by atoms with Crippen LogP contribution in [0.5, 0.6) is 5.75 Å². The average molecular weight is 330 g/mol. The van der Waals surface area contributed by atoms with Crippen LogP contribution in [0.15, 0.2) is 22.9 Å². The smallest absolute Gasteiger partial charge is 0.306 e. The number of carbonyl (C=O) groups excluding carboxylic acids is 1. The van der Waals surface area contributed by atoms with Gasteiger partial charge < -0.3 is 9.47 Å². The van der Waals surface area contributed by atoms with Crippen LogP contribution in [0.4, 0.5) is 0 Å². The highest BCUT2D eigenvalue weighted by molar-refractivity contribution is 9.10. The van der Waals surface area contributed by atoms with Crippen molar-refractivity contribution in [2.24, 2.45) is 0 Å². The number of pyridine rings is 1. The third kappa shape index (κ3) is 7.82. The minimum absolute atomic E-state index is 0.155. The van der Waals surface area contributed by atoms with E-state index in [1.807, 2.05) is 32.9 Å². The highest BCUT2D eigenvalue weighted by Crippen LogP contribution is 2.13. The summed E-state index contributed by atoms with van der Waals surface area (Å²) < 4.78 is 11.5. The Morgan fingerprint density at radius 1 is 1.32 bits per heavy atom. The fourth-order valence-corrected chi connectivity index (χ4v) is 1.64. The third-order valence-corrected chi connectivity index (χ3v) is 2.63. The molecule has 0 saturated heterocycles. The lowest BCUT2D eigenvalue weighted by molar-refractivity contribution is -0.154. The Morgan fingerprint density at radius 3 is 2.63 bits per heavy atom. The van der Waals surface area contributed by atoms with Crippen molar-refractivity contribution in [2.45, 2.75) is 45.6 Å². The van der Waals surface area contributed by atoms with E-state index < -0.39 is 5.60 Å². The largest absolute Gasteiger partial charge is 0.492 e. The first-order chi connectivity index (χ1) is 8.87. The lowest BCUT2D eigenvalue weighted by atomic mass is 10.2. The molecule has 0 aliphatic heterocycles. The van der Waals surface area contributed by atoms with Gasteiger partial charge in [-0.2, -0.15) is 0 Å². The van der Waals surface area contributed by atoms with Crippen molar-refractivity contribution in [3.8, 4) is 5.75 Å². The summed E-state index contributed by atoms with van der Waals surface area (Å²) in [6, 6.07) is 3.68. The molecule has 5 heteroatoms. The Kier molecular flexibility index (Phi) is 6.28. The topological polar surface area (TPSA) is 48.4 Å². The second kappa shape index (κ2) is 7.48. The van der Waals surface area contributed by atoms with Crippen LogP contribution < -0.4 is 4.74 Å². The zero-order chi connectivity index (χ0) is 14.3. The standard InChI is InChI=1S/C14H20BrNO3/c1-14(2,3)19-13(17)6-4-5-9-18-11-7-8-12(15)16-10-11/h7-8,10H,4-6,9H2,1-3H3. The normalized spacial score (nSPS) is 11.2. The van der Waals surface area contributed by atoms with Crippen molar-refractivity contribution in [1.29, 1.82) is 0 Å². The maximum Gasteiger partial charge on any atom is 0.306 e. The molecule has 0 aliphatic rings. The summed E-state index contributed by atoms with van der Waals surface area (Å²) in [5.41, 5.74) is -0.406. The molecule has 0 amide bonds. The molecule has 0 spiro atoms. The van der Waals surface area contributed by atoms with Crippen LogP contribution in [0.25, 0.3) is 0 Å². The SMILES string of the molecule is CC(C)(C)OC(=O)CCCCOc1ccc(Br)nc1. The monoisotopic (exact) mass is 329 g/mol. The van der Waals surface area contributed by atoms with Gasteiger partial charge in [0, 0.05) is 6.42 Å². The van der Waals surface area contributed by atoms with E-state index >= 15 is 0 Å². The Labute approximate surface area is 122 Å². The van der Waals surface area contributed by atoms with Crippen LogP contribution in [0.2, 0.25) is 0 Å². The van der Waals surface area contributed by atoms with Crippen LogP contribution in [-0.4, -0.2) is 23.2 Å². The zero-order valence-electron chi connectivity index (χ0n) is 11.6. The van der Waals surface area contributed by atoms with Crippen LogP contribution in [0.1, 0.15) is 40.0 Å². The van der Waals surface area contributed by atoms with E-state index in [1.54, 1.807) is 6.20 Å². The lowest BCUT2D eigenvalue weighted by Gasteiger charge is -2.19. The lowest BCUT2D eigenvalue weighted by Crippen LogP contribution is -2.23. The minimum atomic E-state index is -0.406. The number of unbranched alkanes of at least 4 members (excludes halogenated alkanes) is 1. The predicted molar refractivity (Wildman–Crippen MR) is 77.1 cm³/mol. The number of esters is 1. The summed E-state index contributed by atoms with van der Waals surface area (Å²) in [5.74, 6) is 0.582. The van der Waals surface area contributed by atoms with Gasteiger partial charge >= 0.3 is 5.97 Å². The van der Waals surface area contributed by atoms with Crippen molar-refractivity contribution in [3.63, 3.8) is 0 Å². The summed E-state index contributed by atoms with van der Waals surface area (Å²) in [5, 5.41) is 0. The predicted octanol–water partition coefficient (Wildman–Crippen LogP) is 3.73. The van der Waals surface area contributed by atoms with E-state index in [0.717, 1.165) is 23.2 Å².